The monoisotopic (exact) mass is 230 g/mol. The summed E-state index contributed by atoms with van der Waals surface area (Å²) < 4.78 is 6.36. The van der Waals surface area contributed by atoms with Crippen molar-refractivity contribution in [2.45, 2.75) is 0 Å². The first-order chi connectivity index (χ1) is 8.25. The standard InChI is InChI=1S/C10H6N4O3/c15-9(16)7-11-12-10-14(7)13-8(17-10)6-4-2-1-3-5-6/h1-5H,(H,15,16). The molecule has 0 fully saturated rings. The van der Waals surface area contributed by atoms with Crippen molar-refractivity contribution in [3.63, 3.8) is 0 Å². The summed E-state index contributed by atoms with van der Waals surface area (Å²) in [7, 11) is 0. The quantitative estimate of drug-likeness (QED) is 0.708. The largest absolute Gasteiger partial charge is 0.475 e. The van der Waals surface area contributed by atoms with Gasteiger partial charge in [0.2, 0.25) is 5.89 Å². The van der Waals surface area contributed by atoms with Gasteiger partial charge >= 0.3 is 11.8 Å². The highest BCUT2D eigenvalue weighted by Crippen LogP contribution is 2.18. The number of aromatic nitrogens is 4. The van der Waals surface area contributed by atoms with Gasteiger partial charge in [0.05, 0.1) is 0 Å². The van der Waals surface area contributed by atoms with Crippen molar-refractivity contribution < 1.29 is 14.3 Å². The lowest BCUT2D eigenvalue weighted by Gasteiger charge is -1.91. The van der Waals surface area contributed by atoms with E-state index < -0.39 is 5.97 Å². The van der Waals surface area contributed by atoms with Crippen LogP contribution in [-0.2, 0) is 0 Å². The van der Waals surface area contributed by atoms with Gasteiger partial charge < -0.3 is 9.52 Å². The zero-order valence-corrected chi connectivity index (χ0v) is 8.44. The molecule has 0 aliphatic rings. The average molecular weight is 230 g/mol. The van der Waals surface area contributed by atoms with Crippen LogP contribution in [0.15, 0.2) is 34.7 Å². The zero-order valence-electron chi connectivity index (χ0n) is 8.44. The molecule has 84 valence electrons. The maximum atomic E-state index is 10.8. The SMILES string of the molecule is O=C(O)c1nnc2oc(-c3ccccc3)nn12. The molecule has 0 radical (unpaired) electrons. The lowest BCUT2D eigenvalue weighted by Crippen LogP contribution is -2.04. The first kappa shape index (κ1) is 9.52. The molecule has 17 heavy (non-hydrogen) atoms. The van der Waals surface area contributed by atoms with Crippen LogP contribution in [0.5, 0.6) is 0 Å². The number of carbonyl (C=O) groups is 1. The fraction of sp³-hybridized carbons (Fsp3) is 0. The average Bonchev–Trinajstić information content (AvgIpc) is 2.88. The van der Waals surface area contributed by atoms with E-state index in [0.717, 1.165) is 10.1 Å². The zero-order chi connectivity index (χ0) is 11.8. The second-order valence-electron chi connectivity index (χ2n) is 3.30. The van der Waals surface area contributed by atoms with Crippen molar-refractivity contribution in [2.75, 3.05) is 0 Å². The fourth-order valence-electron chi connectivity index (χ4n) is 1.45. The van der Waals surface area contributed by atoms with Gasteiger partial charge in [0.25, 0.3) is 5.82 Å². The molecule has 3 rings (SSSR count). The predicted molar refractivity (Wildman–Crippen MR) is 55.4 cm³/mol. The molecule has 0 spiro atoms. The highest BCUT2D eigenvalue weighted by atomic mass is 16.4. The Kier molecular flexibility index (Phi) is 1.91. The van der Waals surface area contributed by atoms with E-state index in [4.69, 9.17) is 9.52 Å². The van der Waals surface area contributed by atoms with Crippen LogP contribution in [0, 0.1) is 0 Å². The molecule has 0 atom stereocenters. The van der Waals surface area contributed by atoms with E-state index in [1.807, 2.05) is 18.2 Å². The number of hydrogen-bond acceptors (Lipinski definition) is 5. The maximum Gasteiger partial charge on any atom is 0.376 e. The van der Waals surface area contributed by atoms with Crippen molar-refractivity contribution in [3.8, 4) is 11.5 Å². The van der Waals surface area contributed by atoms with Crippen molar-refractivity contribution in [2.24, 2.45) is 0 Å². The summed E-state index contributed by atoms with van der Waals surface area (Å²) in [5.41, 5.74) is 0.745. The van der Waals surface area contributed by atoms with Crippen LogP contribution in [0.2, 0.25) is 0 Å². The van der Waals surface area contributed by atoms with Crippen molar-refractivity contribution in [3.05, 3.63) is 36.2 Å². The van der Waals surface area contributed by atoms with Crippen molar-refractivity contribution in [1.29, 1.82) is 0 Å². The van der Waals surface area contributed by atoms with Gasteiger partial charge in [-0.05, 0) is 12.1 Å². The summed E-state index contributed by atoms with van der Waals surface area (Å²) in [6.07, 6.45) is 0. The summed E-state index contributed by atoms with van der Waals surface area (Å²) in [6, 6.07) is 9.14. The summed E-state index contributed by atoms with van der Waals surface area (Å²) in [5.74, 6) is -1.12. The highest BCUT2D eigenvalue weighted by Gasteiger charge is 2.18. The third kappa shape index (κ3) is 1.44. The molecule has 0 amide bonds. The van der Waals surface area contributed by atoms with Gasteiger partial charge in [0, 0.05) is 5.56 Å². The van der Waals surface area contributed by atoms with Crippen LogP contribution >= 0.6 is 0 Å². The van der Waals surface area contributed by atoms with Gasteiger partial charge in [0.15, 0.2) is 0 Å². The Morgan fingerprint density at radius 2 is 2.00 bits per heavy atom. The van der Waals surface area contributed by atoms with Gasteiger partial charge in [-0.1, -0.05) is 23.3 Å². The summed E-state index contributed by atoms with van der Waals surface area (Å²) in [4.78, 5) is 10.8. The van der Waals surface area contributed by atoms with E-state index in [0.29, 0.717) is 5.89 Å². The molecule has 0 bridgehead atoms. The molecule has 7 nitrogen and oxygen atoms in total. The van der Waals surface area contributed by atoms with E-state index >= 15 is 0 Å². The second-order valence-corrected chi connectivity index (χ2v) is 3.30. The molecule has 2 heterocycles. The van der Waals surface area contributed by atoms with Gasteiger partial charge in [0.1, 0.15) is 0 Å². The highest BCUT2D eigenvalue weighted by molar-refractivity contribution is 5.83. The number of carboxylic acids is 1. The van der Waals surface area contributed by atoms with Gasteiger partial charge in [-0.25, -0.2) is 4.79 Å². The van der Waals surface area contributed by atoms with E-state index in [-0.39, 0.29) is 11.7 Å². The van der Waals surface area contributed by atoms with Crippen LogP contribution < -0.4 is 0 Å². The van der Waals surface area contributed by atoms with Crippen LogP contribution in [-0.4, -0.2) is 30.9 Å². The Labute approximate surface area is 94.3 Å². The number of nitrogens with zero attached hydrogens (tertiary/aromatic N) is 4. The Balaban J connectivity index is 2.18. The molecular weight excluding hydrogens is 224 g/mol. The number of carboxylic acid groups (broad SMARTS) is 1. The molecule has 0 aliphatic carbocycles. The molecule has 0 aliphatic heterocycles. The molecule has 0 unspecified atom stereocenters. The van der Waals surface area contributed by atoms with Gasteiger partial charge in [-0.3, -0.25) is 0 Å². The number of rotatable bonds is 2. The van der Waals surface area contributed by atoms with Crippen LogP contribution in [0.4, 0.5) is 0 Å². The summed E-state index contributed by atoms with van der Waals surface area (Å²) in [6.45, 7) is 0. The molecule has 2 aromatic heterocycles. The first-order valence-electron chi connectivity index (χ1n) is 4.76. The topological polar surface area (TPSA) is 93.5 Å². The fourth-order valence-corrected chi connectivity index (χ4v) is 1.45. The Hall–Kier alpha value is -2.70. The van der Waals surface area contributed by atoms with E-state index in [9.17, 15) is 4.79 Å². The molecule has 1 aromatic carbocycles. The second kappa shape index (κ2) is 3.41. The predicted octanol–water partition coefficient (Wildman–Crippen LogP) is 1.08. The number of fused-ring (bicyclic) bond motifs is 1. The molecule has 3 aromatic rings. The van der Waals surface area contributed by atoms with Gasteiger partial charge in [-0.15, -0.1) is 10.2 Å². The molecular formula is C10H6N4O3. The lowest BCUT2D eigenvalue weighted by molar-refractivity contribution is 0.0680. The van der Waals surface area contributed by atoms with E-state index in [2.05, 4.69) is 15.3 Å². The summed E-state index contributed by atoms with van der Waals surface area (Å²) in [5, 5.41) is 19.9. The minimum absolute atomic E-state index is 0.0567. The summed E-state index contributed by atoms with van der Waals surface area (Å²) >= 11 is 0. The Morgan fingerprint density at radius 1 is 1.24 bits per heavy atom. The van der Waals surface area contributed by atoms with Crippen LogP contribution in [0.3, 0.4) is 0 Å². The van der Waals surface area contributed by atoms with Gasteiger partial charge in [-0.2, -0.15) is 4.52 Å². The van der Waals surface area contributed by atoms with Crippen molar-refractivity contribution in [1.82, 2.24) is 19.8 Å². The minimum atomic E-state index is -1.20. The molecule has 7 heteroatoms. The number of aromatic carboxylic acids is 1. The Morgan fingerprint density at radius 3 is 2.71 bits per heavy atom. The lowest BCUT2D eigenvalue weighted by atomic mass is 10.2. The minimum Gasteiger partial charge on any atom is -0.475 e. The maximum absolute atomic E-state index is 10.8. The smallest absolute Gasteiger partial charge is 0.376 e. The molecule has 1 N–H and O–H groups in total. The van der Waals surface area contributed by atoms with Crippen LogP contribution in [0.1, 0.15) is 10.6 Å². The third-order valence-electron chi connectivity index (χ3n) is 2.20. The normalized spacial score (nSPS) is 10.8. The number of hydrogen-bond donors (Lipinski definition) is 1. The molecule has 0 saturated heterocycles. The molecule has 0 saturated carbocycles. The van der Waals surface area contributed by atoms with Crippen LogP contribution in [0.25, 0.3) is 17.3 Å². The third-order valence-corrected chi connectivity index (χ3v) is 2.20. The van der Waals surface area contributed by atoms with E-state index in [1.54, 1.807) is 12.1 Å². The first-order valence-corrected chi connectivity index (χ1v) is 4.76. The Bertz CT molecular complexity index is 686. The van der Waals surface area contributed by atoms with E-state index in [1.165, 1.54) is 0 Å². The van der Waals surface area contributed by atoms with Crippen molar-refractivity contribution >= 4 is 11.8 Å². The number of benzene rings is 1.